The van der Waals surface area contributed by atoms with Gasteiger partial charge in [-0.25, -0.2) is 4.79 Å². The van der Waals surface area contributed by atoms with E-state index in [1.165, 1.54) is 19.2 Å². The lowest BCUT2D eigenvalue weighted by molar-refractivity contribution is -0.137. The van der Waals surface area contributed by atoms with Crippen LogP contribution in [-0.2, 0) is 9.53 Å². The number of hydrogen-bond acceptors (Lipinski definition) is 5. The molecule has 126 valence electrons. The average Bonchev–Trinajstić information content (AvgIpc) is 2.43. The quantitative estimate of drug-likeness (QED) is 0.779. The Bertz CT molecular complexity index is 573. The summed E-state index contributed by atoms with van der Waals surface area (Å²) in [6.45, 7) is 5.01. The maximum atomic E-state index is 12.4. The van der Waals surface area contributed by atoms with Gasteiger partial charge in [-0.2, -0.15) is 0 Å². The minimum Gasteiger partial charge on any atom is -0.497 e. The number of carboxylic acids is 1. The van der Waals surface area contributed by atoms with Crippen LogP contribution in [0.1, 0.15) is 37.6 Å². The van der Waals surface area contributed by atoms with Gasteiger partial charge in [-0.1, -0.05) is 0 Å². The number of alkyl carbamates (subject to hydrolysis) is 1. The third kappa shape index (κ3) is 6.37. The Kier molecular flexibility index (Phi) is 6.12. The van der Waals surface area contributed by atoms with E-state index in [4.69, 9.17) is 14.6 Å². The molecule has 0 aromatic heterocycles. The van der Waals surface area contributed by atoms with E-state index in [1.807, 2.05) is 0 Å². The van der Waals surface area contributed by atoms with Crippen LogP contribution in [0.4, 0.5) is 4.79 Å². The number of amides is 1. The van der Waals surface area contributed by atoms with E-state index in [2.05, 4.69) is 5.32 Å². The number of ether oxygens (including phenoxy) is 2. The summed E-state index contributed by atoms with van der Waals surface area (Å²) in [5.41, 5.74) is -0.478. The third-order valence-corrected chi connectivity index (χ3v) is 2.76. The second kappa shape index (κ2) is 7.62. The zero-order valence-electron chi connectivity index (χ0n) is 13.6. The van der Waals surface area contributed by atoms with E-state index < -0.39 is 35.9 Å². The summed E-state index contributed by atoms with van der Waals surface area (Å²) in [5.74, 6) is -1.15. The van der Waals surface area contributed by atoms with Crippen molar-refractivity contribution in [1.29, 1.82) is 0 Å². The van der Waals surface area contributed by atoms with Crippen LogP contribution in [0.2, 0.25) is 0 Å². The number of rotatable bonds is 6. The number of carbonyl (C=O) groups is 3. The standard InChI is InChI=1S/C16H21NO6/c1-16(2,3)23-15(21)17-12(9-13(18)19)14(20)10-5-7-11(22-4)8-6-10/h5-8,12H,9H2,1-4H3,(H,17,21)(H,18,19)/t12-/m0/s1. The van der Waals surface area contributed by atoms with Crippen LogP contribution in [0.15, 0.2) is 24.3 Å². The minimum atomic E-state index is -1.21. The smallest absolute Gasteiger partial charge is 0.408 e. The molecule has 1 aromatic carbocycles. The van der Waals surface area contributed by atoms with Crippen molar-refractivity contribution in [2.45, 2.75) is 38.8 Å². The highest BCUT2D eigenvalue weighted by Crippen LogP contribution is 2.14. The Balaban J connectivity index is 2.89. The molecule has 7 nitrogen and oxygen atoms in total. The Hall–Kier alpha value is -2.57. The van der Waals surface area contributed by atoms with E-state index in [0.29, 0.717) is 5.75 Å². The van der Waals surface area contributed by atoms with Gasteiger partial charge in [0.2, 0.25) is 0 Å². The van der Waals surface area contributed by atoms with Crippen LogP contribution in [0.3, 0.4) is 0 Å². The average molecular weight is 323 g/mol. The van der Waals surface area contributed by atoms with Crippen LogP contribution in [0, 0.1) is 0 Å². The molecule has 1 aromatic rings. The second-order valence-electron chi connectivity index (χ2n) is 5.89. The zero-order valence-corrected chi connectivity index (χ0v) is 13.6. The van der Waals surface area contributed by atoms with Gasteiger partial charge in [0.05, 0.1) is 13.5 Å². The van der Waals surface area contributed by atoms with E-state index >= 15 is 0 Å². The Labute approximate surface area is 134 Å². The van der Waals surface area contributed by atoms with Crippen molar-refractivity contribution in [1.82, 2.24) is 5.32 Å². The molecule has 0 aliphatic rings. The number of Topliss-reactive ketones (excluding diaryl/α,β-unsaturated/α-hetero) is 1. The molecule has 7 heteroatoms. The molecule has 0 saturated heterocycles. The molecule has 0 fully saturated rings. The molecule has 0 aliphatic heterocycles. The number of ketones is 1. The van der Waals surface area contributed by atoms with Crippen LogP contribution >= 0.6 is 0 Å². The third-order valence-electron chi connectivity index (χ3n) is 2.76. The van der Waals surface area contributed by atoms with Gasteiger partial charge in [0, 0.05) is 5.56 Å². The first kappa shape index (κ1) is 18.5. The van der Waals surface area contributed by atoms with Gasteiger partial charge in [0.15, 0.2) is 5.78 Å². The van der Waals surface area contributed by atoms with Crippen molar-refractivity contribution in [2.75, 3.05) is 7.11 Å². The molecule has 23 heavy (non-hydrogen) atoms. The lowest BCUT2D eigenvalue weighted by atomic mass is 10.0. The van der Waals surface area contributed by atoms with Crippen LogP contribution in [-0.4, -0.2) is 41.7 Å². The van der Waals surface area contributed by atoms with E-state index in [-0.39, 0.29) is 5.56 Å². The maximum absolute atomic E-state index is 12.4. The van der Waals surface area contributed by atoms with Crippen molar-refractivity contribution in [2.24, 2.45) is 0 Å². The number of hydrogen-bond donors (Lipinski definition) is 2. The Morgan fingerprint density at radius 3 is 2.17 bits per heavy atom. The molecular formula is C16H21NO6. The largest absolute Gasteiger partial charge is 0.497 e. The Morgan fingerprint density at radius 1 is 1.17 bits per heavy atom. The topological polar surface area (TPSA) is 102 Å². The highest BCUT2D eigenvalue weighted by Gasteiger charge is 2.27. The number of nitrogens with one attached hydrogen (secondary N) is 1. The number of carbonyl (C=O) groups excluding carboxylic acids is 2. The molecule has 1 amide bonds. The molecule has 0 heterocycles. The van der Waals surface area contributed by atoms with Crippen molar-refractivity contribution in [3.05, 3.63) is 29.8 Å². The molecule has 0 saturated carbocycles. The molecule has 1 atom stereocenters. The van der Waals surface area contributed by atoms with E-state index in [0.717, 1.165) is 0 Å². The first-order chi connectivity index (χ1) is 10.6. The van der Waals surface area contributed by atoms with E-state index in [1.54, 1.807) is 32.9 Å². The predicted molar refractivity (Wildman–Crippen MR) is 82.7 cm³/mol. The summed E-state index contributed by atoms with van der Waals surface area (Å²) in [4.78, 5) is 35.1. The number of methoxy groups -OCH3 is 1. The normalized spacial score (nSPS) is 12.2. The van der Waals surface area contributed by atoms with Gasteiger partial charge >= 0.3 is 12.1 Å². The van der Waals surface area contributed by atoms with Gasteiger partial charge in [0.1, 0.15) is 17.4 Å². The first-order valence-electron chi connectivity index (χ1n) is 7.02. The molecule has 0 aliphatic carbocycles. The summed E-state index contributed by atoms with van der Waals surface area (Å²) >= 11 is 0. The minimum absolute atomic E-state index is 0.271. The summed E-state index contributed by atoms with van der Waals surface area (Å²) in [5, 5.41) is 11.3. The zero-order chi connectivity index (χ0) is 17.6. The van der Waals surface area contributed by atoms with Gasteiger partial charge < -0.3 is 19.9 Å². The molecule has 1 rings (SSSR count). The maximum Gasteiger partial charge on any atom is 0.408 e. The Morgan fingerprint density at radius 2 is 1.74 bits per heavy atom. The number of benzene rings is 1. The summed E-state index contributed by atoms with van der Waals surface area (Å²) in [6.07, 6.45) is -1.38. The fourth-order valence-corrected chi connectivity index (χ4v) is 1.79. The molecular weight excluding hydrogens is 302 g/mol. The van der Waals surface area contributed by atoms with Crippen LogP contribution in [0.5, 0.6) is 5.75 Å². The summed E-state index contributed by atoms with van der Waals surface area (Å²) in [7, 11) is 1.49. The van der Waals surface area contributed by atoms with Crippen molar-refractivity contribution < 1.29 is 29.0 Å². The summed E-state index contributed by atoms with van der Waals surface area (Å²) < 4.78 is 10.1. The van der Waals surface area contributed by atoms with Crippen molar-refractivity contribution in [3.8, 4) is 5.75 Å². The van der Waals surface area contributed by atoms with Gasteiger partial charge in [0.25, 0.3) is 0 Å². The summed E-state index contributed by atoms with van der Waals surface area (Å²) in [6, 6.07) is 4.96. The van der Waals surface area contributed by atoms with Crippen LogP contribution < -0.4 is 10.1 Å². The molecule has 0 radical (unpaired) electrons. The molecule has 0 bridgehead atoms. The molecule has 0 unspecified atom stereocenters. The van der Waals surface area contributed by atoms with E-state index in [9.17, 15) is 14.4 Å². The van der Waals surface area contributed by atoms with Gasteiger partial charge in [-0.3, -0.25) is 9.59 Å². The fraction of sp³-hybridized carbons (Fsp3) is 0.438. The van der Waals surface area contributed by atoms with Crippen LogP contribution in [0.25, 0.3) is 0 Å². The number of carboxylic acid groups (broad SMARTS) is 1. The van der Waals surface area contributed by atoms with Gasteiger partial charge in [-0.15, -0.1) is 0 Å². The molecule has 2 N–H and O–H groups in total. The predicted octanol–water partition coefficient (Wildman–Crippen LogP) is 2.25. The van der Waals surface area contributed by atoms with Gasteiger partial charge in [-0.05, 0) is 45.0 Å². The highest BCUT2D eigenvalue weighted by molar-refractivity contribution is 6.03. The first-order valence-corrected chi connectivity index (χ1v) is 7.02. The molecule has 0 spiro atoms. The van der Waals surface area contributed by atoms with Crippen molar-refractivity contribution >= 4 is 17.8 Å². The van der Waals surface area contributed by atoms with Crippen molar-refractivity contribution in [3.63, 3.8) is 0 Å². The highest BCUT2D eigenvalue weighted by atomic mass is 16.6. The SMILES string of the molecule is COc1ccc(C(=O)[C@H](CC(=O)O)NC(=O)OC(C)(C)C)cc1. The monoisotopic (exact) mass is 323 g/mol. The fourth-order valence-electron chi connectivity index (χ4n) is 1.79. The second-order valence-corrected chi connectivity index (χ2v) is 5.89. The lowest BCUT2D eigenvalue weighted by Crippen LogP contribution is -2.44. The number of aliphatic carboxylic acids is 1. The lowest BCUT2D eigenvalue weighted by Gasteiger charge is -2.22.